The van der Waals surface area contributed by atoms with Crippen molar-refractivity contribution in [2.45, 2.75) is 35.8 Å². The molecule has 18 heavy (non-hydrogen) atoms. The highest BCUT2D eigenvalue weighted by Crippen LogP contribution is 2.63. The third kappa shape index (κ3) is 1.15. The normalized spacial score (nSPS) is 45.9. The predicted molar refractivity (Wildman–Crippen MR) is 62.0 cm³/mol. The van der Waals surface area contributed by atoms with E-state index in [1.807, 2.05) is 0 Å². The van der Waals surface area contributed by atoms with Gasteiger partial charge in [0.15, 0.2) is 6.23 Å². The van der Waals surface area contributed by atoms with Crippen LogP contribution in [0.15, 0.2) is 17.1 Å². The van der Waals surface area contributed by atoms with Gasteiger partial charge in [-0.15, -0.1) is 11.6 Å². The van der Waals surface area contributed by atoms with Crippen LogP contribution in [0.5, 0.6) is 0 Å². The van der Waals surface area contributed by atoms with E-state index in [9.17, 15) is 15.0 Å². The van der Waals surface area contributed by atoms with Gasteiger partial charge in [0.05, 0.1) is 0 Å². The molecular weight excluding hydrogens is 262 g/mol. The molecule has 1 aromatic rings. The first-order valence-electron chi connectivity index (χ1n) is 5.39. The SMILES string of the molecule is C[C@]12O[C@@H](n3ccc(N)nc3=O)[C@H](Cl)[C@@]1(O)C2O. The number of nitrogens with zero attached hydrogens (tertiary/aromatic N) is 2. The summed E-state index contributed by atoms with van der Waals surface area (Å²) in [4.78, 5) is 15.2. The maximum atomic E-state index is 11.7. The quantitative estimate of drug-likeness (QED) is 0.556. The van der Waals surface area contributed by atoms with E-state index < -0.39 is 34.6 Å². The van der Waals surface area contributed by atoms with Gasteiger partial charge in [-0.05, 0) is 13.0 Å². The van der Waals surface area contributed by atoms with Crippen molar-refractivity contribution in [3.8, 4) is 0 Å². The van der Waals surface area contributed by atoms with Crippen LogP contribution in [0.1, 0.15) is 13.2 Å². The Balaban J connectivity index is 2.00. The van der Waals surface area contributed by atoms with E-state index in [2.05, 4.69) is 4.98 Å². The average Bonchev–Trinajstić information content (AvgIpc) is 2.62. The maximum absolute atomic E-state index is 11.7. The van der Waals surface area contributed by atoms with Crippen LogP contribution in [0.2, 0.25) is 0 Å². The summed E-state index contributed by atoms with van der Waals surface area (Å²) < 4.78 is 6.66. The second-order valence-electron chi connectivity index (χ2n) is 4.79. The molecule has 1 aliphatic carbocycles. The topological polar surface area (TPSA) is 111 Å². The second-order valence-corrected chi connectivity index (χ2v) is 5.26. The molecule has 2 aliphatic rings. The highest BCUT2D eigenvalue weighted by molar-refractivity contribution is 6.22. The summed E-state index contributed by atoms with van der Waals surface area (Å²) >= 11 is 6.09. The lowest BCUT2D eigenvalue weighted by molar-refractivity contribution is -0.0577. The zero-order valence-corrected chi connectivity index (χ0v) is 10.2. The van der Waals surface area contributed by atoms with Gasteiger partial charge < -0.3 is 20.7 Å². The molecule has 0 bridgehead atoms. The highest BCUT2D eigenvalue weighted by atomic mass is 35.5. The fourth-order valence-corrected chi connectivity index (χ4v) is 3.02. The van der Waals surface area contributed by atoms with Crippen LogP contribution in [0.25, 0.3) is 0 Å². The lowest BCUT2D eigenvalue weighted by atomic mass is 10.2. The van der Waals surface area contributed by atoms with Crippen LogP contribution in [0, 0.1) is 0 Å². The van der Waals surface area contributed by atoms with Gasteiger partial charge in [0.1, 0.15) is 28.5 Å². The van der Waals surface area contributed by atoms with E-state index in [1.165, 1.54) is 12.3 Å². The molecule has 0 radical (unpaired) electrons. The largest absolute Gasteiger partial charge is 0.387 e. The van der Waals surface area contributed by atoms with Crippen molar-refractivity contribution < 1.29 is 14.9 Å². The van der Waals surface area contributed by atoms with Crippen LogP contribution in [0.4, 0.5) is 5.82 Å². The third-order valence-corrected chi connectivity index (χ3v) is 4.36. The fraction of sp³-hybridized carbons (Fsp3) is 0.600. The average molecular weight is 274 g/mol. The van der Waals surface area contributed by atoms with Crippen molar-refractivity contribution >= 4 is 17.4 Å². The maximum Gasteiger partial charge on any atom is 0.351 e. The van der Waals surface area contributed by atoms with Crippen molar-refractivity contribution in [3.63, 3.8) is 0 Å². The first kappa shape index (κ1) is 11.9. The summed E-state index contributed by atoms with van der Waals surface area (Å²) in [6.45, 7) is 1.54. The number of anilines is 1. The molecule has 2 fully saturated rings. The van der Waals surface area contributed by atoms with Gasteiger partial charge in [0.2, 0.25) is 0 Å². The molecule has 5 atom stereocenters. The molecule has 0 spiro atoms. The van der Waals surface area contributed by atoms with Crippen molar-refractivity contribution in [1.29, 1.82) is 0 Å². The number of hydrogen-bond donors (Lipinski definition) is 3. The molecule has 1 aromatic heterocycles. The van der Waals surface area contributed by atoms with Crippen molar-refractivity contribution in [2.24, 2.45) is 0 Å². The number of hydrogen-bond acceptors (Lipinski definition) is 6. The number of fused-ring (bicyclic) bond motifs is 1. The Hall–Kier alpha value is -1.15. The van der Waals surface area contributed by atoms with Crippen molar-refractivity contribution in [2.75, 3.05) is 5.73 Å². The summed E-state index contributed by atoms with van der Waals surface area (Å²) in [5, 5.41) is 18.9. The second kappa shape index (κ2) is 3.24. The van der Waals surface area contributed by atoms with Gasteiger partial charge in [-0.3, -0.25) is 4.57 Å². The number of ether oxygens (including phenoxy) is 1. The van der Waals surface area contributed by atoms with Gasteiger partial charge in [-0.1, -0.05) is 0 Å². The fourth-order valence-electron chi connectivity index (χ4n) is 2.51. The zero-order chi connectivity index (χ0) is 13.3. The molecule has 98 valence electrons. The van der Waals surface area contributed by atoms with E-state index in [-0.39, 0.29) is 5.82 Å². The summed E-state index contributed by atoms with van der Waals surface area (Å²) in [5.41, 5.74) is 2.08. The monoisotopic (exact) mass is 273 g/mol. The van der Waals surface area contributed by atoms with E-state index in [4.69, 9.17) is 22.1 Å². The van der Waals surface area contributed by atoms with Crippen molar-refractivity contribution in [1.82, 2.24) is 9.55 Å². The van der Waals surface area contributed by atoms with Gasteiger partial charge in [-0.25, -0.2) is 4.79 Å². The number of aliphatic hydroxyl groups excluding tert-OH is 1. The van der Waals surface area contributed by atoms with Gasteiger partial charge in [0, 0.05) is 6.20 Å². The van der Waals surface area contributed by atoms with Crippen LogP contribution < -0.4 is 11.4 Å². The lowest BCUT2D eigenvalue weighted by Gasteiger charge is -2.22. The molecule has 4 N–H and O–H groups in total. The molecule has 8 heteroatoms. The number of halogens is 1. The Labute approximate surface area is 107 Å². The number of aromatic nitrogens is 2. The molecular formula is C10H12ClN3O4. The van der Waals surface area contributed by atoms with Gasteiger partial charge >= 0.3 is 5.69 Å². The zero-order valence-electron chi connectivity index (χ0n) is 9.45. The molecule has 0 amide bonds. The molecule has 1 unspecified atom stereocenters. The molecule has 0 aromatic carbocycles. The Morgan fingerprint density at radius 1 is 1.67 bits per heavy atom. The number of rotatable bonds is 1. The minimum Gasteiger partial charge on any atom is -0.387 e. The van der Waals surface area contributed by atoms with E-state index in [1.54, 1.807) is 6.92 Å². The van der Waals surface area contributed by atoms with E-state index >= 15 is 0 Å². The Morgan fingerprint density at radius 2 is 2.33 bits per heavy atom. The summed E-state index contributed by atoms with van der Waals surface area (Å²) in [6.07, 6.45) is -0.541. The summed E-state index contributed by atoms with van der Waals surface area (Å²) in [7, 11) is 0. The Morgan fingerprint density at radius 3 is 2.83 bits per heavy atom. The molecule has 1 saturated heterocycles. The van der Waals surface area contributed by atoms with Crippen LogP contribution in [0.3, 0.4) is 0 Å². The third-order valence-electron chi connectivity index (χ3n) is 3.81. The molecule has 1 aliphatic heterocycles. The standard InChI is InChI=1S/C10H12ClN3O4/c1-9-7(15)10(9,17)5(11)6(18-9)14-3-2-4(12)13-8(14)16/h2-3,5-7,15,17H,1H3,(H2,12,13,16)/t5-,6+,7?,9+,10+/m0/s1. The summed E-state index contributed by atoms with van der Waals surface area (Å²) in [5.74, 6) is 0.0930. The van der Waals surface area contributed by atoms with Crippen LogP contribution in [-0.4, -0.2) is 42.4 Å². The highest BCUT2D eigenvalue weighted by Gasteiger charge is 2.84. The smallest absolute Gasteiger partial charge is 0.351 e. The minimum absolute atomic E-state index is 0.0930. The van der Waals surface area contributed by atoms with E-state index in [0.29, 0.717) is 0 Å². The molecule has 7 nitrogen and oxygen atoms in total. The molecule has 2 heterocycles. The van der Waals surface area contributed by atoms with E-state index in [0.717, 1.165) is 4.57 Å². The van der Waals surface area contributed by atoms with Crippen LogP contribution in [-0.2, 0) is 4.74 Å². The number of nitrogen functional groups attached to an aromatic ring is 1. The Kier molecular flexibility index (Phi) is 2.14. The van der Waals surface area contributed by atoms with Crippen LogP contribution >= 0.6 is 11.6 Å². The number of alkyl halides is 1. The first-order chi connectivity index (χ1) is 8.32. The first-order valence-corrected chi connectivity index (χ1v) is 5.83. The van der Waals surface area contributed by atoms with Gasteiger partial charge in [-0.2, -0.15) is 4.98 Å². The minimum atomic E-state index is -1.54. The molecule has 3 rings (SSSR count). The number of nitrogens with two attached hydrogens (primary N) is 1. The van der Waals surface area contributed by atoms with Gasteiger partial charge in [0.25, 0.3) is 0 Å². The van der Waals surface area contributed by atoms with Crippen molar-refractivity contribution in [3.05, 3.63) is 22.7 Å². The lowest BCUT2D eigenvalue weighted by Crippen LogP contribution is -2.37. The predicted octanol–water partition coefficient (Wildman–Crippen LogP) is -1.17. The molecule has 1 saturated carbocycles. The number of aliphatic hydroxyl groups is 2. The summed E-state index contributed by atoms with van der Waals surface area (Å²) in [6, 6.07) is 1.43. The Bertz CT molecular complexity index is 578.